The highest BCUT2D eigenvalue weighted by Crippen LogP contribution is 2.33. The van der Waals surface area contributed by atoms with Gasteiger partial charge in [0, 0.05) is 15.4 Å². The molecule has 0 aliphatic heterocycles. The molecule has 0 N–H and O–H groups in total. The maximum atomic E-state index is 11.5. The largest absolute Gasteiger partial charge is 0.265 e. The lowest BCUT2D eigenvalue weighted by molar-refractivity contribution is -0.552. The van der Waals surface area contributed by atoms with Crippen molar-refractivity contribution < 1.29 is 9.85 Å². The number of hydrogen-bond donors (Lipinski definition) is 0. The average Bonchev–Trinajstić information content (AvgIpc) is 2.48. The Labute approximate surface area is 121 Å². The Balaban J connectivity index is 2.46. The van der Waals surface area contributed by atoms with E-state index in [1.54, 1.807) is 60.7 Å². The number of hydrogen-bond acceptors (Lipinski definition) is 4. The summed E-state index contributed by atoms with van der Waals surface area (Å²) in [5, 5.41) is 22.4. The van der Waals surface area contributed by atoms with Crippen LogP contribution in [0.1, 0.15) is 23.1 Å². The van der Waals surface area contributed by atoms with Crippen LogP contribution in [-0.2, 0) is 0 Å². The molecule has 0 unspecified atom stereocenters. The van der Waals surface area contributed by atoms with Crippen LogP contribution in [0.2, 0.25) is 0 Å². The van der Waals surface area contributed by atoms with Crippen molar-refractivity contribution in [3.63, 3.8) is 0 Å². The molecule has 0 fully saturated rings. The molecule has 0 saturated heterocycles. The molecule has 6 nitrogen and oxygen atoms in total. The quantitative estimate of drug-likeness (QED) is 0.603. The summed E-state index contributed by atoms with van der Waals surface area (Å²) in [6.07, 6.45) is 0. The first-order chi connectivity index (χ1) is 10.1. The molecular formula is C15H14N2O4. The van der Waals surface area contributed by atoms with Gasteiger partial charge in [0.25, 0.3) is 6.04 Å². The lowest BCUT2D eigenvalue weighted by atomic mass is 9.87. The van der Waals surface area contributed by atoms with Crippen molar-refractivity contribution >= 4 is 0 Å². The SMILES string of the molecule is O=[N+]([O-])C[C@H](c1ccccc1)[C@@H](c1ccccc1)[N+](=O)[O-]. The average molecular weight is 286 g/mol. The topological polar surface area (TPSA) is 86.3 Å². The summed E-state index contributed by atoms with van der Waals surface area (Å²) in [7, 11) is 0. The Bertz CT molecular complexity index is 616. The van der Waals surface area contributed by atoms with Crippen molar-refractivity contribution in [3.05, 3.63) is 92.0 Å². The smallest absolute Gasteiger partial charge is 0.251 e. The highest BCUT2D eigenvalue weighted by Gasteiger charge is 2.37. The van der Waals surface area contributed by atoms with E-state index in [0.29, 0.717) is 11.1 Å². The summed E-state index contributed by atoms with van der Waals surface area (Å²) in [4.78, 5) is 21.5. The maximum absolute atomic E-state index is 11.5. The number of nitro groups is 2. The second kappa shape index (κ2) is 6.60. The van der Waals surface area contributed by atoms with Crippen LogP contribution in [-0.4, -0.2) is 16.4 Å². The van der Waals surface area contributed by atoms with E-state index in [4.69, 9.17) is 0 Å². The van der Waals surface area contributed by atoms with Gasteiger partial charge >= 0.3 is 0 Å². The fraction of sp³-hybridized carbons (Fsp3) is 0.200. The third kappa shape index (κ3) is 3.62. The van der Waals surface area contributed by atoms with Gasteiger partial charge in [-0.05, 0) is 5.56 Å². The van der Waals surface area contributed by atoms with Crippen LogP contribution in [0, 0.1) is 20.2 Å². The van der Waals surface area contributed by atoms with Crippen LogP contribution in [0.15, 0.2) is 60.7 Å². The molecule has 0 heterocycles. The van der Waals surface area contributed by atoms with E-state index >= 15 is 0 Å². The van der Waals surface area contributed by atoms with Crippen molar-refractivity contribution in [2.45, 2.75) is 12.0 Å². The molecule has 6 heteroatoms. The lowest BCUT2D eigenvalue weighted by Crippen LogP contribution is -2.25. The molecule has 2 rings (SSSR count). The van der Waals surface area contributed by atoms with Crippen LogP contribution in [0.25, 0.3) is 0 Å². The Kier molecular flexibility index (Phi) is 4.61. The standard InChI is InChI=1S/C15H14N2O4/c18-16(19)11-14(12-7-3-1-4-8-12)15(17(20)21)13-9-5-2-6-10-13/h1-10,14-15H,11H2/t14-,15-/m1/s1. The minimum atomic E-state index is -1.14. The van der Waals surface area contributed by atoms with Gasteiger partial charge in [-0.3, -0.25) is 20.2 Å². The van der Waals surface area contributed by atoms with Crippen LogP contribution in [0.4, 0.5) is 0 Å². The molecule has 108 valence electrons. The molecule has 2 aromatic rings. The summed E-state index contributed by atoms with van der Waals surface area (Å²) in [6, 6.07) is 15.9. The first-order valence-corrected chi connectivity index (χ1v) is 6.45. The summed E-state index contributed by atoms with van der Waals surface area (Å²) in [6.45, 7) is -0.482. The first-order valence-electron chi connectivity index (χ1n) is 6.45. The normalized spacial score (nSPS) is 13.3. The van der Waals surface area contributed by atoms with E-state index < -0.39 is 28.4 Å². The van der Waals surface area contributed by atoms with E-state index in [1.165, 1.54) is 0 Å². The van der Waals surface area contributed by atoms with Crippen molar-refractivity contribution in [3.8, 4) is 0 Å². The van der Waals surface area contributed by atoms with Crippen molar-refractivity contribution in [2.24, 2.45) is 0 Å². The fourth-order valence-corrected chi connectivity index (χ4v) is 2.40. The Morgan fingerprint density at radius 2 is 1.29 bits per heavy atom. The van der Waals surface area contributed by atoms with Gasteiger partial charge in [-0.15, -0.1) is 0 Å². The molecule has 0 aliphatic carbocycles. The van der Waals surface area contributed by atoms with E-state index in [2.05, 4.69) is 0 Å². The highest BCUT2D eigenvalue weighted by atomic mass is 16.6. The summed E-state index contributed by atoms with van der Waals surface area (Å²) < 4.78 is 0. The molecule has 0 aromatic heterocycles. The molecule has 0 bridgehead atoms. The molecule has 0 aliphatic rings. The molecule has 2 atom stereocenters. The van der Waals surface area contributed by atoms with Crippen LogP contribution in [0.5, 0.6) is 0 Å². The molecule has 0 amide bonds. The molecular weight excluding hydrogens is 272 g/mol. The minimum absolute atomic E-state index is 0.448. The zero-order chi connectivity index (χ0) is 15.2. The van der Waals surface area contributed by atoms with Gasteiger partial charge in [-0.2, -0.15) is 0 Å². The zero-order valence-electron chi connectivity index (χ0n) is 11.2. The molecule has 0 spiro atoms. The summed E-state index contributed by atoms with van der Waals surface area (Å²) >= 11 is 0. The van der Waals surface area contributed by atoms with Crippen LogP contribution < -0.4 is 0 Å². The van der Waals surface area contributed by atoms with Crippen LogP contribution >= 0.6 is 0 Å². The molecule has 0 saturated carbocycles. The third-order valence-corrected chi connectivity index (χ3v) is 3.32. The van der Waals surface area contributed by atoms with Gasteiger partial charge < -0.3 is 0 Å². The Morgan fingerprint density at radius 1 is 0.810 bits per heavy atom. The first kappa shape index (κ1) is 14.6. The van der Waals surface area contributed by atoms with Gasteiger partial charge in [0.2, 0.25) is 6.54 Å². The molecule has 2 aromatic carbocycles. The highest BCUT2D eigenvalue weighted by molar-refractivity contribution is 5.26. The molecule has 0 radical (unpaired) electrons. The lowest BCUT2D eigenvalue weighted by Gasteiger charge is -2.18. The predicted molar refractivity (Wildman–Crippen MR) is 77.2 cm³/mol. The number of nitrogens with zero attached hydrogens (tertiary/aromatic N) is 2. The van der Waals surface area contributed by atoms with Gasteiger partial charge in [-0.25, -0.2) is 0 Å². The second-order valence-corrected chi connectivity index (χ2v) is 4.67. The van der Waals surface area contributed by atoms with E-state index in [9.17, 15) is 20.2 Å². The maximum Gasteiger partial charge on any atom is 0.251 e. The number of benzene rings is 2. The van der Waals surface area contributed by atoms with E-state index in [-0.39, 0.29) is 0 Å². The van der Waals surface area contributed by atoms with Crippen molar-refractivity contribution in [2.75, 3.05) is 6.54 Å². The summed E-state index contributed by atoms with van der Waals surface area (Å²) in [5.41, 5.74) is 1.07. The zero-order valence-corrected chi connectivity index (χ0v) is 11.2. The van der Waals surface area contributed by atoms with Crippen LogP contribution in [0.3, 0.4) is 0 Å². The second-order valence-electron chi connectivity index (χ2n) is 4.67. The van der Waals surface area contributed by atoms with Gasteiger partial charge in [0.1, 0.15) is 5.92 Å². The predicted octanol–water partition coefficient (Wildman–Crippen LogP) is 3.06. The van der Waals surface area contributed by atoms with Gasteiger partial charge in [-0.1, -0.05) is 60.7 Å². The molecule has 21 heavy (non-hydrogen) atoms. The van der Waals surface area contributed by atoms with E-state index in [0.717, 1.165) is 0 Å². The van der Waals surface area contributed by atoms with Crippen molar-refractivity contribution in [1.29, 1.82) is 0 Å². The Hall–Kier alpha value is -2.76. The summed E-state index contributed by atoms with van der Waals surface area (Å²) in [5.74, 6) is -0.807. The van der Waals surface area contributed by atoms with Gasteiger partial charge in [0.05, 0.1) is 0 Å². The minimum Gasteiger partial charge on any atom is -0.265 e. The fourth-order valence-electron chi connectivity index (χ4n) is 2.40. The number of rotatable bonds is 6. The Morgan fingerprint density at radius 3 is 1.71 bits per heavy atom. The third-order valence-electron chi connectivity index (χ3n) is 3.32. The van der Waals surface area contributed by atoms with E-state index in [1.807, 2.05) is 0 Å². The van der Waals surface area contributed by atoms with Crippen molar-refractivity contribution in [1.82, 2.24) is 0 Å². The van der Waals surface area contributed by atoms with Gasteiger partial charge in [0.15, 0.2) is 0 Å². The monoisotopic (exact) mass is 286 g/mol.